The number of piperidine rings is 1. The molecule has 1 fully saturated rings. The van der Waals surface area contributed by atoms with Crippen molar-refractivity contribution in [2.75, 3.05) is 32.1 Å². The third kappa shape index (κ3) is 5.50. The lowest BCUT2D eigenvalue weighted by Gasteiger charge is -2.31. The molecule has 2 N–H and O–H groups in total. The molecule has 2 aromatic rings. The van der Waals surface area contributed by atoms with E-state index in [1.807, 2.05) is 38.1 Å². The maximum absolute atomic E-state index is 12.1. The number of carbonyl (C=O) groups excluding carboxylic acids is 1. The summed E-state index contributed by atoms with van der Waals surface area (Å²) in [7, 11) is 1.62. The Morgan fingerprint density at radius 3 is 2.52 bits per heavy atom. The van der Waals surface area contributed by atoms with Gasteiger partial charge in [0.2, 0.25) is 0 Å². The SMILES string of the molecule is COc1ccc(NC(=O)NCC2CCN(Cc3cc(C)oc3C)CC2)cc1. The molecule has 1 aromatic heterocycles. The van der Waals surface area contributed by atoms with Gasteiger partial charge >= 0.3 is 6.03 Å². The summed E-state index contributed by atoms with van der Waals surface area (Å²) >= 11 is 0. The minimum atomic E-state index is -0.160. The number of nitrogens with zero attached hydrogens (tertiary/aromatic N) is 1. The normalized spacial score (nSPS) is 15.5. The number of benzene rings is 1. The van der Waals surface area contributed by atoms with Crippen molar-refractivity contribution in [3.63, 3.8) is 0 Å². The third-order valence-electron chi connectivity index (χ3n) is 5.14. The van der Waals surface area contributed by atoms with Crippen LogP contribution in [0.3, 0.4) is 0 Å². The van der Waals surface area contributed by atoms with Gasteiger partial charge < -0.3 is 19.8 Å². The zero-order chi connectivity index (χ0) is 19.2. The van der Waals surface area contributed by atoms with Crippen LogP contribution < -0.4 is 15.4 Å². The Balaban J connectivity index is 1.37. The maximum Gasteiger partial charge on any atom is 0.319 e. The smallest absolute Gasteiger partial charge is 0.319 e. The average Bonchev–Trinajstić information content (AvgIpc) is 2.98. The molecular formula is C21H29N3O3. The Morgan fingerprint density at radius 1 is 1.22 bits per heavy atom. The van der Waals surface area contributed by atoms with Crippen molar-refractivity contribution in [2.45, 2.75) is 33.2 Å². The quantitative estimate of drug-likeness (QED) is 0.807. The van der Waals surface area contributed by atoms with E-state index in [-0.39, 0.29) is 6.03 Å². The first-order chi connectivity index (χ1) is 13.0. The number of aryl methyl sites for hydroxylation is 2. The highest BCUT2D eigenvalue weighted by molar-refractivity contribution is 5.89. The van der Waals surface area contributed by atoms with Gasteiger partial charge in [-0.25, -0.2) is 4.79 Å². The number of likely N-dealkylation sites (tertiary alicyclic amines) is 1. The second-order valence-corrected chi connectivity index (χ2v) is 7.22. The summed E-state index contributed by atoms with van der Waals surface area (Å²) in [5, 5.41) is 5.85. The minimum absolute atomic E-state index is 0.160. The van der Waals surface area contributed by atoms with E-state index in [1.54, 1.807) is 7.11 Å². The number of amides is 2. The van der Waals surface area contributed by atoms with Gasteiger partial charge in [-0.15, -0.1) is 0 Å². The standard InChI is InChI=1S/C21H29N3O3/c1-15-12-18(16(2)27-15)14-24-10-8-17(9-11-24)13-22-21(25)23-19-4-6-20(26-3)7-5-19/h4-7,12,17H,8-11,13-14H2,1-3H3,(H2,22,23,25). The Kier molecular flexibility index (Phi) is 6.40. The fourth-order valence-electron chi connectivity index (χ4n) is 3.52. The van der Waals surface area contributed by atoms with Crippen LogP contribution in [-0.4, -0.2) is 37.7 Å². The van der Waals surface area contributed by atoms with Crippen LogP contribution in [-0.2, 0) is 6.54 Å². The molecule has 1 aliphatic rings. The van der Waals surface area contributed by atoms with E-state index in [4.69, 9.17) is 9.15 Å². The molecule has 6 heteroatoms. The van der Waals surface area contributed by atoms with Crippen LogP contribution in [0.25, 0.3) is 0 Å². The van der Waals surface area contributed by atoms with Gasteiger partial charge in [-0.1, -0.05) is 0 Å². The van der Waals surface area contributed by atoms with E-state index in [2.05, 4.69) is 21.6 Å². The van der Waals surface area contributed by atoms with E-state index in [0.717, 1.165) is 55.4 Å². The summed E-state index contributed by atoms with van der Waals surface area (Å²) in [4.78, 5) is 14.5. The number of furan rings is 1. The molecule has 0 saturated carbocycles. The molecule has 3 rings (SSSR count). The molecule has 6 nitrogen and oxygen atoms in total. The highest BCUT2D eigenvalue weighted by Crippen LogP contribution is 2.21. The van der Waals surface area contributed by atoms with Crippen molar-refractivity contribution >= 4 is 11.7 Å². The second-order valence-electron chi connectivity index (χ2n) is 7.22. The molecule has 1 aliphatic heterocycles. The van der Waals surface area contributed by atoms with Gasteiger partial charge in [0.05, 0.1) is 7.11 Å². The van der Waals surface area contributed by atoms with Crippen LogP contribution in [0.4, 0.5) is 10.5 Å². The number of urea groups is 1. The summed E-state index contributed by atoms with van der Waals surface area (Å²) in [6.07, 6.45) is 2.19. The molecule has 27 heavy (non-hydrogen) atoms. The predicted molar refractivity (Wildman–Crippen MR) is 106 cm³/mol. The van der Waals surface area contributed by atoms with Crippen LogP contribution in [0, 0.1) is 19.8 Å². The predicted octanol–water partition coefficient (Wildman–Crippen LogP) is 3.94. The number of ether oxygens (including phenoxy) is 1. The van der Waals surface area contributed by atoms with E-state index in [0.29, 0.717) is 12.5 Å². The maximum atomic E-state index is 12.1. The summed E-state index contributed by atoms with van der Waals surface area (Å²) in [5.74, 6) is 3.29. The highest BCUT2D eigenvalue weighted by Gasteiger charge is 2.21. The molecule has 146 valence electrons. The zero-order valence-electron chi connectivity index (χ0n) is 16.4. The van der Waals surface area contributed by atoms with Crippen LogP contribution in [0.2, 0.25) is 0 Å². The van der Waals surface area contributed by atoms with Crippen molar-refractivity contribution in [1.82, 2.24) is 10.2 Å². The molecule has 1 aromatic carbocycles. The number of anilines is 1. The van der Waals surface area contributed by atoms with Gasteiger partial charge in [0.25, 0.3) is 0 Å². The molecule has 0 bridgehead atoms. The Bertz CT molecular complexity index is 747. The fraction of sp³-hybridized carbons (Fsp3) is 0.476. The second kappa shape index (κ2) is 8.95. The molecule has 0 spiro atoms. The van der Waals surface area contributed by atoms with E-state index in [1.165, 1.54) is 5.56 Å². The average molecular weight is 371 g/mol. The van der Waals surface area contributed by atoms with Crippen LogP contribution in [0.15, 0.2) is 34.7 Å². The molecule has 0 radical (unpaired) electrons. The monoisotopic (exact) mass is 371 g/mol. The fourth-order valence-corrected chi connectivity index (χ4v) is 3.52. The first-order valence-electron chi connectivity index (χ1n) is 9.50. The molecular weight excluding hydrogens is 342 g/mol. The summed E-state index contributed by atoms with van der Waals surface area (Å²) in [6, 6.07) is 9.29. The molecule has 1 saturated heterocycles. The highest BCUT2D eigenvalue weighted by atomic mass is 16.5. The number of hydrogen-bond acceptors (Lipinski definition) is 4. The lowest BCUT2D eigenvalue weighted by atomic mass is 9.96. The van der Waals surface area contributed by atoms with Crippen molar-refractivity contribution < 1.29 is 13.9 Å². The van der Waals surface area contributed by atoms with Crippen LogP contribution in [0.1, 0.15) is 29.9 Å². The van der Waals surface area contributed by atoms with Crippen LogP contribution >= 0.6 is 0 Å². The molecule has 0 aliphatic carbocycles. The van der Waals surface area contributed by atoms with Gasteiger partial charge in [-0.05, 0) is 76.0 Å². The molecule has 0 atom stereocenters. The number of nitrogens with one attached hydrogen (secondary N) is 2. The largest absolute Gasteiger partial charge is 0.497 e. The van der Waals surface area contributed by atoms with Crippen molar-refractivity contribution in [3.05, 3.63) is 47.4 Å². The topological polar surface area (TPSA) is 66.7 Å². The van der Waals surface area contributed by atoms with Crippen molar-refractivity contribution in [2.24, 2.45) is 5.92 Å². The van der Waals surface area contributed by atoms with Gasteiger partial charge in [0, 0.05) is 24.3 Å². The number of methoxy groups -OCH3 is 1. The van der Waals surface area contributed by atoms with Crippen molar-refractivity contribution in [3.8, 4) is 5.75 Å². The van der Waals surface area contributed by atoms with Gasteiger partial charge in [0.1, 0.15) is 17.3 Å². The molecule has 2 amide bonds. The number of hydrogen-bond donors (Lipinski definition) is 2. The first kappa shape index (κ1) is 19.3. The third-order valence-corrected chi connectivity index (χ3v) is 5.14. The van der Waals surface area contributed by atoms with E-state index in [9.17, 15) is 4.79 Å². The Morgan fingerprint density at radius 2 is 1.93 bits per heavy atom. The minimum Gasteiger partial charge on any atom is -0.497 e. The number of rotatable bonds is 6. The van der Waals surface area contributed by atoms with Gasteiger partial charge in [-0.3, -0.25) is 4.90 Å². The van der Waals surface area contributed by atoms with Crippen LogP contribution in [0.5, 0.6) is 5.75 Å². The first-order valence-corrected chi connectivity index (χ1v) is 9.50. The molecule has 2 heterocycles. The van der Waals surface area contributed by atoms with Gasteiger partial charge in [0.15, 0.2) is 0 Å². The summed E-state index contributed by atoms with van der Waals surface area (Å²) < 4.78 is 10.7. The summed E-state index contributed by atoms with van der Waals surface area (Å²) in [5.41, 5.74) is 2.04. The Labute approximate surface area is 160 Å². The zero-order valence-corrected chi connectivity index (χ0v) is 16.4. The lowest BCUT2D eigenvalue weighted by molar-refractivity contribution is 0.175. The van der Waals surface area contributed by atoms with E-state index < -0.39 is 0 Å². The molecule has 0 unspecified atom stereocenters. The number of carbonyl (C=O) groups is 1. The Hall–Kier alpha value is -2.47. The summed E-state index contributed by atoms with van der Waals surface area (Å²) in [6.45, 7) is 7.78. The van der Waals surface area contributed by atoms with Crippen molar-refractivity contribution in [1.29, 1.82) is 0 Å². The van der Waals surface area contributed by atoms with E-state index >= 15 is 0 Å². The van der Waals surface area contributed by atoms with Gasteiger partial charge in [-0.2, -0.15) is 0 Å². The lowest BCUT2D eigenvalue weighted by Crippen LogP contribution is -2.39.